The molecule has 0 saturated heterocycles. The molecule has 0 aliphatic carbocycles. The van der Waals surface area contributed by atoms with Gasteiger partial charge in [-0.05, 0) is 38.5 Å². The molecule has 0 unspecified atom stereocenters. The first-order valence-corrected chi connectivity index (χ1v) is 9.78. The van der Waals surface area contributed by atoms with Gasteiger partial charge in [-0.15, -0.1) is 11.3 Å². The Bertz CT molecular complexity index is 978. The van der Waals surface area contributed by atoms with Gasteiger partial charge in [0.1, 0.15) is 21.9 Å². The summed E-state index contributed by atoms with van der Waals surface area (Å²) in [5.74, 6) is -0.409. The van der Waals surface area contributed by atoms with Crippen LogP contribution < -0.4 is 10.1 Å². The Labute approximate surface area is 163 Å². The molecule has 142 valence electrons. The van der Waals surface area contributed by atoms with Crippen molar-refractivity contribution in [1.29, 1.82) is 0 Å². The SMILES string of the molecule is Cc1sc2ncnc(S[C@@H](C)C(=O)Nc3ccccc3OC(F)F)c2c1C. The first kappa shape index (κ1) is 19.5. The van der Waals surface area contributed by atoms with Crippen molar-refractivity contribution in [3.8, 4) is 5.75 Å². The maximum Gasteiger partial charge on any atom is 0.387 e. The lowest BCUT2D eigenvalue weighted by Crippen LogP contribution is -2.23. The monoisotopic (exact) mass is 409 g/mol. The van der Waals surface area contributed by atoms with Gasteiger partial charge in [-0.25, -0.2) is 9.97 Å². The lowest BCUT2D eigenvalue weighted by Gasteiger charge is -2.15. The zero-order chi connectivity index (χ0) is 19.6. The largest absolute Gasteiger partial charge is 0.433 e. The molecule has 0 spiro atoms. The predicted octanol–water partition coefficient (Wildman–Crippen LogP) is 5.03. The van der Waals surface area contributed by atoms with Crippen LogP contribution in [0.1, 0.15) is 17.4 Å². The molecule has 0 fully saturated rings. The van der Waals surface area contributed by atoms with Gasteiger partial charge >= 0.3 is 6.61 Å². The van der Waals surface area contributed by atoms with Crippen LogP contribution in [0.25, 0.3) is 10.2 Å². The number of para-hydroxylation sites is 2. The minimum absolute atomic E-state index is 0.0771. The minimum Gasteiger partial charge on any atom is -0.433 e. The summed E-state index contributed by atoms with van der Waals surface area (Å²) < 4.78 is 29.5. The maximum absolute atomic E-state index is 12.6. The van der Waals surface area contributed by atoms with Crippen molar-refractivity contribution in [1.82, 2.24) is 9.97 Å². The number of fused-ring (bicyclic) bond motifs is 1. The molecule has 9 heteroatoms. The van der Waals surface area contributed by atoms with Crippen LogP contribution in [-0.4, -0.2) is 27.7 Å². The molecule has 3 aromatic rings. The number of benzene rings is 1. The number of halogens is 2. The second-order valence-electron chi connectivity index (χ2n) is 5.77. The van der Waals surface area contributed by atoms with E-state index in [0.717, 1.165) is 25.7 Å². The number of anilines is 1. The normalized spacial score (nSPS) is 12.4. The van der Waals surface area contributed by atoms with E-state index in [1.54, 1.807) is 30.4 Å². The highest BCUT2D eigenvalue weighted by atomic mass is 32.2. The van der Waals surface area contributed by atoms with Gasteiger partial charge in [-0.3, -0.25) is 4.79 Å². The molecule has 0 radical (unpaired) electrons. The quantitative estimate of drug-likeness (QED) is 0.457. The summed E-state index contributed by atoms with van der Waals surface area (Å²) in [5.41, 5.74) is 1.30. The summed E-state index contributed by atoms with van der Waals surface area (Å²) in [6.45, 7) is 2.80. The highest BCUT2D eigenvalue weighted by Crippen LogP contribution is 2.36. The third-order valence-corrected chi connectivity index (χ3v) is 6.16. The van der Waals surface area contributed by atoms with E-state index in [4.69, 9.17) is 0 Å². The average Bonchev–Trinajstić information content (AvgIpc) is 2.91. The Kier molecular flexibility index (Phi) is 5.91. The second kappa shape index (κ2) is 8.18. The Hall–Kier alpha value is -2.26. The van der Waals surface area contributed by atoms with E-state index in [1.165, 1.54) is 30.2 Å². The zero-order valence-corrected chi connectivity index (χ0v) is 16.5. The van der Waals surface area contributed by atoms with Crippen LogP contribution in [0.4, 0.5) is 14.5 Å². The third-order valence-electron chi connectivity index (χ3n) is 3.95. The van der Waals surface area contributed by atoms with Crippen LogP contribution in [0.2, 0.25) is 0 Å². The molecule has 0 saturated carbocycles. The van der Waals surface area contributed by atoms with Gasteiger partial charge in [0, 0.05) is 10.3 Å². The van der Waals surface area contributed by atoms with Crippen LogP contribution >= 0.6 is 23.1 Å². The molecule has 0 aliphatic heterocycles. The van der Waals surface area contributed by atoms with Gasteiger partial charge in [0.25, 0.3) is 0 Å². The highest BCUT2D eigenvalue weighted by molar-refractivity contribution is 8.00. The van der Waals surface area contributed by atoms with E-state index in [-0.39, 0.29) is 17.3 Å². The van der Waals surface area contributed by atoms with E-state index >= 15 is 0 Å². The standard InChI is InChI=1S/C18H17F2N3O2S2/c1-9-10(2)26-16-14(9)17(22-8-21-16)27-11(3)15(24)23-12-6-4-5-7-13(12)25-18(19)20/h4-8,11,18H,1-3H3,(H,23,24)/t11-/m0/s1. The lowest BCUT2D eigenvalue weighted by atomic mass is 10.2. The number of ether oxygens (including phenoxy) is 1. The lowest BCUT2D eigenvalue weighted by molar-refractivity contribution is -0.115. The number of aromatic nitrogens is 2. The summed E-state index contributed by atoms with van der Waals surface area (Å²) in [7, 11) is 0. The Morgan fingerprint density at radius 1 is 1.26 bits per heavy atom. The molecule has 2 aromatic heterocycles. The fraction of sp³-hybridized carbons (Fsp3) is 0.278. The first-order chi connectivity index (χ1) is 12.9. The topological polar surface area (TPSA) is 64.1 Å². The molecular weight excluding hydrogens is 392 g/mol. The van der Waals surface area contributed by atoms with E-state index in [1.807, 2.05) is 13.8 Å². The van der Waals surface area contributed by atoms with Gasteiger partial charge in [0.2, 0.25) is 5.91 Å². The molecule has 0 bridgehead atoms. The van der Waals surface area contributed by atoms with Crippen molar-refractivity contribution in [2.45, 2.75) is 37.7 Å². The van der Waals surface area contributed by atoms with Crippen molar-refractivity contribution >= 4 is 44.9 Å². The number of nitrogens with one attached hydrogen (secondary N) is 1. The Morgan fingerprint density at radius 2 is 2.00 bits per heavy atom. The summed E-state index contributed by atoms with van der Waals surface area (Å²) >= 11 is 2.89. The van der Waals surface area contributed by atoms with Crippen LogP contribution in [0, 0.1) is 13.8 Å². The van der Waals surface area contributed by atoms with Crippen LogP contribution in [0.5, 0.6) is 5.75 Å². The maximum atomic E-state index is 12.6. The summed E-state index contributed by atoms with van der Waals surface area (Å²) in [4.78, 5) is 23.2. The minimum atomic E-state index is -2.96. The average molecular weight is 409 g/mol. The number of aryl methyl sites for hydroxylation is 2. The smallest absolute Gasteiger partial charge is 0.387 e. The van der Waals surface area contributed by atoms with Crippen molar-refractivity contribution in [2.75, 3.05) is 5.32 Å². The number of alkyl halides is 2. The number of thioether (sulfide) groups is 1. The summed E-state index contributed by atoms with van der Waals surface area (Å²) in [5, 5.41) is 3.82. The van der Waals surface area contributed by atoms with Gasteiger partial charge in [0.05, 0.1) is 10.9 Å². The van der Waals surface area contributed by atoms with E-state index in [9.17, 15) is 13.6 Å². The number of amides is 1. The van der Waals surface area contributed by atoms with Crippen molar-refractivity contribution in [3.05, 3.63) is 41.0 Å². The first-order valence-electron chi connectivity index (χ1n) is 8.09. The molecule has 2 heterocycles. The third kappa shape index (κ3) is 4.36. The van der Waals surface area contributed by atoms with Gasteiger partial charge < -0.3 is 10.1 Å². The van der Waals surface area contributed by atoms with Crippen LogP contribution in [0.15, 0.2) is 35.6 Å². The van der Waals surface area contributed by atoms with E-state index < -0.39 is 11.9 Å². The van der Waals surface area contributed by atoms with Gasteiger partial charge in [-0.1, -0.05) is 23.9 Å². The number of rotatable bonds is 6. The van der Waals surface area contributed by atoms with Gasteiger partial charge in [-0.2, -0.15) is 8.78 Å². The molecule has 27 heavy (non-hydrogen) atoms. The number of hydrogen-bond acceptors (Lipinski definition) is 6. The molecule has 3 rings (SSSR count). The van der Waals surface area contributed by atoms with Crippen LogP contribution in [-0.2, 0) is 4.79 Å². The molecule has 0 aliphatic rings. The molecule has 1 amide bonds. The van der Waals surface area contributed by atoms with Gasteiger partial charge in [0.15, 0.2) is 0 Å². The fourth-order valence-corrected chi connectivity index (χ4v) is 4.50. The van der Waals surface area contributed by atoms with Crippen LogP contribution in [0.3, 0.4) is 0 Å². The van der Waals surface area contributed by atoms with Crippen molar-refractivity contribution in [2.24, 2.45) is 0 Å². The predicted molar refractivity (Wildman–Crippen MR) is 104 cm³/mol. The zero-order valence-electron chi connectivity index (χ0n) is 14.8. The molecule has 1 N–H and O–H groups in total. The van der Waals surface area contributed by atoms with E-state index in [2.05, 4.69) is 20.0 Å². The van der Waals surface area contributed by atoms with E-state index in [0.29, 0.717) is 0 Å². The number of nitrogens with zero attached hydrogens (tertiary/aromatic N) is 2. The van der Waals surface area contributed by atoms with Crippen molar-refractivity contribution in [3.63, 3.8) is 0 Å². The summed E-state index contributed by atoms with van der Waals surface area (Å²) in [6, 6.07) is 6.09. The molecular formula is C18H17F2N3O2S2. The number of carbonyl (C=O) groups is 1. The Morgan fingerprint density at radius 3 is 2.74 bits per heavy atom. The second-order valence-corrected chi connectivity index (χ2v) is 8.30. The molecule has 1 atom stereocenters. The van der Waals surface area contributed by atoms with Crippen molar-refractivity contribution < 1.29 is 18.3 Å². The number of thiophene rings is 1. The molecule has 5 nitrogen and oxygen atoms in total. The highest BCUT2D eigenvalue weighted by Gasteiger charge is 2.21. The fourth-order valence-electron chi connectivity index (χ4n) is 2.46. The Balaban J connectivity index is 1.78. The number of hydrogen-bond donors (Lipinski definition) is 1. The number of carbonyl (C=O) groups excluding carboxylic acids is 1. The molecule has 1 aromatic carbocycles. The summed E-state index contributed by atoms with van der Waals surface area (Å²) in [6.07, 6.45) is 1.48.